The topological polar surface area (TPSA) is 118 Å². The van der Waals surface area contributed by atoms with Gasteiger partial charge < -0.3 is 20.6 Å². The molecule has 0 bridgehead atoms. The van der Waals surface area contributed by atoms with Gasteiger partial charge in [-0.15, -0.1) is 0 Å². The van der Waals surface area contributed by atoms with Crippen molar-refractivity contribution in [2.45, 2.75) is 19.9 Å². The van der Waals surface area contributed by atoms with Gasteiger partial charge in [0.2, 0.25) is 5.91 Å². The standard InChI is InChI=1S/C24H27N5O4/c1-3-33-17(2)26-20-8-4-6-18(14-20)16-29-24(31)11-10-22(28-29)19-7-5-9-21(15-19)27-23(30)12-13-25-32/h4-11,14-15,25-26,32H,2-3,12-13,16H2,1H3,(H,27,30). The highest BCUT2D eigenvalue weighted by Gasteiger charge is 2.08. The lowest BCUT2D eigenvalue weighted by Crippen LogP contribution is -2.23. The maximum absolute atomic E-state index is 12.4. The molecule has 0 spiro atoms. The number of aromatic nitrogens is 2. The van der Waals surface area contributed by atoms with Crippen LogP contribution in [0.4, 0.5) is 11.4 Å². The van der Waals surface area contributed by atoms with Gasteiger partial charge in [0.15, 0.2) is 5.88 Å². The second kappa shape index (κ2) is 11.6. The molecule has 33 heavy (non-hydrogen) atoms. The fraction of sp³-hybridized carbons (Fsp3) is 0.208. The number of benzene rings is 2. The molecule has 0 unspecified atom stereocenters. The van der Waals surface area contributed by atoms with Crippen molar-refractivity contribution >= 4 is 17.3 Å². The molecule has 1 heterocycles. The summed E-state index contributed by atoms with van der Waals surface area (Å²) in [6.07, 6.45) is 0.135. The van der Waals surface area contributed by atoms with Gasteiger partial charge in [0.25, 0.3) is 5.56 Å². The van der Waals surface area contributed by atoms with Gasteiger partial charge in [-0.05, 0) is 49.4 Å². The number of carbonyl (C=O) groups excluding carboxylic acids is 1. The molecule has 4 N–H and O–H groups in total. The third-order valence-electron chi connectivity index (χ3n) is 4.63. The molecule has 0 aliphatic rings. The average molecular weight is 450 g/mol. The Kier molecular flexibility index (Phi) is 8.34. The van der Waals surface area contributed by atoms with Gasteiger partial charge in [-0.25, -0.2) is 10.2 Å². The van der Waals surface area contributed by atoms with E-state index >= 15 is 0 Å². The van der Waals surface area contributed by atoms with E-state index in [0.717, 1.165) is 16.8 Å². The van der Waals surface area contributed by atoms with Gasteiger partial charge in [0.1, 0.15) is 0 Å². The summed E-state index contributed by atoms with van der Waals surface area (Å²) >= 11 is 0. The molecule has 172 valence electrons. The van der Waals surface area contributed by atoms with Crippen molar-refractivity contribution < 1.29 is 14.7 Å². The van der Waals surface area contributed by atoms with Crippen molar-refractivity contribution in [1.29, 1.82) is 0 Å². The van der Waals surface area contributed by atoms with Crippen molar-refractivity contribution in [2.75, 3.05) is 23.8 Å². The molecule has 0 saturated heterocycles. The van der Waals surface area contributed by atoms with Crippen LogP contribution in [0.15, 0.2) is 77.9 Å². The number of amides is 1. The molecule has 1 amide bonds. The molecule has 9 heteroatoms. The maximum Gasteiger partial charge on any atom is 0.267 e. The van der Waals surface area contributed by atoms with Gasteiger partial charge in [0, 0.05) is 36.0 Å². The first-order valence-corrected chi connectivity index (χ1v) is 10.5. The van der Waals surface area contributed by atoms with Crippen LogP contribution in [0.1, 0.15) is 18.9 Å². The number of nitrogens with zero attached hydrogens (tertiary/aromatic N) is 2. The van der Waals surface area contributed by atoms with E-state index in [-0.39, 0.29) is 31.0 Å². The Bertz CT molecular complexity index is 1180. The highest BCUT2D eigenvalue weighted by molar-refractivity contribution is 5.91. The highest BCUT2D eigenvalue weighted by atomic mass is 16.5. The van der Waals surface area contributed by atoms with E-state index in [1.807, 2.05) is 42.7 Å². The Labute approximate surface area is 191 Å². The molecule has 0 radical (unpaired) electrons. The van der Waals surface area contributed by atoms with Crippen LogP contribution in [-0.2, 0) is 16.1 Å². The minimum Gasteiger partial charge on any atom is -0.480 e. The van der Waals surface area contributed by atoms with Crippen molar-refractivity contribution in [1.82, 2.24) is 15.3 Å². The molecule has 9 nitrogen and oxygen atoms in total. The van der Waals surface area contributed by atoms with Crippen molar-refractivity contribution in [2.24, 2.45) is 0 Å². The lowest BCUT2D eigenvalue weighted by atomic mass is 10.1. The first kappa shape index (κ1) is 23.7. The normalized spacial score (nSPS) is 10.5. The van der Waals surface area contributed by atoms with Crippen molar-refractivity contribution in [3.8, 4) is 11.3 Å². The van der Waals surface area contributed by atoms with Crippen LogP contribution in [0.5, 0.6) is 0 Å². The van der Waals surface area contributed by atoms with E-state index in [2.05, 4.69) is 22.3 Å². The van der Waals surface area contributed by atoms with Crippen LogP contribution in [-0.4, -0.2) is 34.0 Å². The van der Waals surface area contributed by atoms with Gasteiger partial charge in [-0.1, -0.05) is 24.3 Å². The maximum atomic E-state index is 12.4. The zero-order valence-corrected chi connectivity index (χ0v) is 18.4. The summed E-state index contributed by atoms with van der Waals surface area (Å²) in [6, 6.07) is 17.9. The fourth-order valence-corrected chi connectivity index (χ4v) is 3.16. The number of carbonyl (C=O) groups is 1. The van der Waals surface area contributed by atoms with Crippen LogP contribution in [0.2, 0.25) is 0 Å². The Morgan fingerprint density at radius 2 is 1.85 bits per heavy atom. The minimum atomic E-state index is -0.230. The van der Waals surface area contributed by atoms with E-state index in [1.54, 1.807) is 24.3 Å². The van der Waals surface area contributed by atoms with E-state index in [1.165, 1.54) is 10.7 Å². The van der Waals surface area contributed by atoms with Crippen LogP contribution in [0.25, 0.3) is 11.3 Å². The summed E-state index contributed by atoms with van der Waals surface area (Å²) in [7, 11) is 0. The zero-order valence-electron chi connectivity index (χ0n) is 18.4. The molecule has 2 aromatic carbocycles. The average Bonchev–Trinajstić information content (AvgIpc) is 2.80. The highest BCUT2D eigenvalue weighted by Crippen LogP contribution is 2.20. The first-order chi connectivity index (χ1) is 16.0. The smallest absolute Gasteiger partial charge is 0.267 e. The van der Waals surface area contributed by atoms with Gasteiger partial charge in [0.05, 0.1) is 18.8 Å². The largest absolute Gasteiger partial charge is 0.480 e. The summed E-state index contributed by atoms with van der Waals surface area (Å²) in [4.78, 5) is 24.3. The third-order valence-corrected chi connectivity index (χ3v) is 4.63. The van der Waals surface area contributed by atoms with E-state index in [0.29, 0.717) is 23.9 Å². The van der Waals surface area contributed by atoms with Crippen LogP contribution >= 0.6 is 0 Å². The van der Waals surface area contributed by atoms with E-state index in [4.69, 9.17) is 9.94 Å². The SMILES string of the molecule is C=C(Nc1cccc(Cn2nc(-c3cccc(NC(=O)CCNO)c3)ccc2=O)c1)OCC. The Morgan fingerprint density at radius 3 is 2.61 bits per heavy atom. The van der Waals surface area contributed by atoms with Gasteiger partial charge in [-0.3, -0.25) is 9.59 Å². The number of rotatable bonds is 11. The molecular formula is C24H27N5O4. The summed E-state index contributed by atoms with van der Waals surface area (Å²) in [5.41, 5.74) is 5.37. The Balaban J connectivity index is 1.78. The molecule has 1 aromatic heterocycles. The monoisotopic (exact) mass is 449 g/mol. The molecule has 3 rings (SSSR count). The molecule has 0 atom stereocenters. The number of anilines is 2. The fourth-order valence-electron chi connectivity index (χ4n) is 3.16. The molecule has 0 aliphatic carbocycles. The van der Waals surface area contributed by atoms with Gasteiger partial charge >= 0.3 is 0 Å². The summed E-state index contributed by atoms with van der Waals surface area (Å²) < 4.78 is 6.72. The van der Waals surface area contributed by atoms with Crippen LogP contribution in [0, 0.1) is 0 Å². The van der Waals surface area contributed by atoms with Gasteiger partial charge in [-0.2, -0.15) is 5.10 Å². The first-order valence-electron chi connectivity index (χ1n) is 10.5. The number of ether oxygens (including phenoxy) is 1. The lowest BCUT2D eigenvalue weighted by molar-refractivity contribution is -0.116. The van der Waals surface area contributed by atoms with Crippen molar-refractivity contribution in [3.05, 3.63) is 89.0 Å². The van der Waals surface area contributed by atoms with Crippen LogP contribution < -0.4 is 21.7 Å². The molecule has 3 aromatic rings. The summed E-state index contributed by atoms with van der Waals surface area (Å²) in [6.45, 7) is 6.66. The Morgan fingerprint density at radius 1 is 1.09 bits per heavy atom. The molecule has 0 aliphatic heterocycles. The summed E-state index contributed by atoms with van der Waals surface area (Å²) in [5, 5.41) is 19.0. The third kappa shape index (κ3) is 7.03. The number of hydroxylamine groups is 1. The molecule has 0 fully saturated rings. The predicted molar refractivity (Wildman–Crippen MR) is 127 cm³/mol. The van der Waals surface area contributed by atoms with Crippen LogP contribution in [0.3, 0.4) is 0 Å². The number of nitrogens with one attached hydrogen (secondary N) is 3. The Hall–Kier alpha value is -3.95. The zero-order chi connectivity index (χ0) is 23.6. The minimum absolute atomic E-state index is 0.135. The van der Waals surface area contributed by atoms with Crippen molar-refractivity contribution in [3.63, 3.8) is 0 Å². The second-order valence-electron chi connectivity index (χ2n) is 7.18. The van der Waals surface area contributed by atoms with E-state index < -0.39 is 0 Å². The number of hydrogen-bond donors (Lipinski definition) is 4. The second-order valence-corrected chi connectivity index (χ2v) is 7.18. The number of hydrogen-bond acceptors (Lipinski definition) is 7. The summed E-state index contributed by atoms with van der Waals surface area (Å²) in [5.74, 6) is 0.221. The molecular weight excluding hydrogens is 422 g/mol. The lowest BCUT2D eigenvalue weighted by Gasteiger charge is -2.12. The quantitative estimate of drug-likeness (QED) is 0.262. The molecule has 0 saturated carbocycles. The predicted octanol–water partition coefficient (Wildman–Crippen LogP) is 3.19. The van der Waals surface area contributed by atoms with E-state index in [9.17, 15) is 9.59 Å².